The quantitative estimate of drug-likeness (QED) is 0.0357. The van der Waals surface area contributed by atoms with Crippen molar-refractivity contribution in [2.45, 2.75) is 437 Å². The largest absolute Gasteiger partial charge is 0.281 e. The van der Waals surface area contributed by atoms with Gasteiger partial charge in [0.1, 0.15) is 0 Å². The van der Waals surface area contributed by atoms with E-state index in [1.807, 2.05) is 55.1 Å². The summed E-state index contributed by atoms with van der Waals surface area (Å²) in [4.78, 5) is 45.0. The highest BCUT2D eigenvalue weighted by Gasteiger charge is 2.57. The maximum absolute atomic E-state index is 16.5. The predicted octanol–water partition coefficient (Wildman–Crippen LogP) is 36.3. The first-order valence-corrected chi connectivity index (χ1v) is 53.6. The van der Waals surface area contributed by atoms with Gasteiger partial charge < -0.3 is 0 Å². The van der Waals surface area contributed by atoms with Gasteiger partial charge in [0.15, 0.2) is 0 Å². The molecule has 10 heteroatoms. The second-order valence-corrected chi connectivity index (χ2v) is 44.4. The number of carbonyl (C=O) groups excluding carboxylic acids is 2. The molecular weight excluding hydrogens is 1620 g/mol. The number of thiophene rings is 4. The van der Waals surface area contributed by atoms with Gasteiger partial charge in [0.2, 0.25) is 0 Å². The Kier molecular flexibility index (Phi) is 31.6. The number of fused-ring (bicyclic) bond motifs is 21. The lowest BCUT2D eigenvalue weighted by molar-refractivity contribution is -0.122. The first kappa shape index (κ1) is 88.4. The molecule has 0 N–H and O–H groups in total. The summed E-state index contributed by atoms with van der Waals surface area (Å²) in [5, 5.41) is 0. The zero-order valence-corrected chi connectivity index (χ0v) is 79.9. The summed E-state index contributed by atoms with van der Waals surface area (Å²) in [6.07, 6.45) is 79.9. The van der Waals surface area contributed by atoms with Gasteiger partial charge in [-0.1, -0.05) is 364 Å². The van der Waals surface area contributed by atoms with E-state index < -0.39 is 0 Å². The van der Waals surface area contributed by atoms with Crippen molar-refractivity contribution in [1.29, 1.82) is 0 Å². The number of hydrogen-bond donors (Lipinski definition) is 0. The molecule has 630 valence electrons. The van der Waals surface area contributed by atoms with Crippen LogP contribution in [0.25, 0.3) is 65.3 Å². The summed E-state index contributed by atoms with van der Waals surface area (Å²) in [5.74, 6) is -0.0623. The van der Waals surface area contributed by atoms with Crippen molar-refractivity contribution in [3.05, 3.63) is 133 Å². The highest BCUT2D eigenvalue weighted by atomic mass is 79.9. The molecule has 2 amide bonds. The van der Waals surface area contributed by atoms with Crippen LogP contribution in [-0.4, -0.2) is 21.6 Å². The Morgan fingerprint density at radius 1 is 0.259 bits per heavy atom. The van der Waals surface area contributed by atoms with Gasteiger partial charge in [0.05, 0.1) is 39.9 Å². The molecular formula is C106H146Br2N2O2S4. The van der Waals surface area contributed by atoms with Crippen LogP contribution in [-0.2, 0) is 31.2 Å². The summed E-state index contributed by atoms with van der Waals surface area (Å²) in [6.45, 7) is 18.8. The van der Waals surface area contributed by atoms with Crippen molar-refractivity contribution in [3.63, 3.8) is 0 Å². The smallest absolute Gasteiger partial charge is 0.265 e. The van der Waals surface area contributed by atoms with E-state index in [-0.39, 0.29) is 33.5 Å². The molecule has 4 aromatic heterocycles. The average Bonchev–Trinajstić information content (AvgIpc) is 1.50. The van der Waals surface area contributed by atoms with E-state index in [9.17, 15) is 0 Å². The van der Waals surface area contributed by atoms with Crippen molar-refractivity contribution >= 4 is 113 Å². The molecule has 4 aliphatic heterocycles. The molecule has 4 nitrogen and oxygen atoms in total. The number of unbranched alkanes of at least 4 members (excludes halogenated alkanes) is 40. The molecule has 0 bridgehead atoms. The highest BCUT2D eigenvalue weighted by molar-refractivity contribution is 9.11. The Labute approximate surface area is 737 Å². The van der Waals surface area contributed by atoms with Crippen LogP contribution >= 0.6 is 77.2 Å². The summed E-state index contributed by atoms with van der Waals surface area (Å²) < 4.78 is 2.55. The normalized spacial score (nSPS) is 16.5. The van der Waals surface area contributed by atoms with Crippen molar-refractivity contribution in [2.24, 2.45) is 0 Å². The number of rotatable bonds is 56. The van der Waals surface area contributed by atoms with Crippen molar-refractivity contribution in [1.82, 2.24) is 9.80 Å². The van der Waals surface area contributed by atoms with Crippen molar-refractivity contribution in [2.75, 3.05) is 0 Å². The third kappa shape index (κ3) is 17.4. The van der Waals surface area contributed by atoms with Crippen LogP contribution in [0, 0.1) is 0 Å². The molecule has 0 unspecified atom stereocenters. The van der Waals surface area contributed by atoms with Crippen molar-refractivity contribution < 1.29 is 9.59 Å². The van der Waals surface area contributed by atoms with E-state index >= 15 is 9.59 Å². The number of carbonyl (C=O) groups is 2. The minimum atomic E-state index is -0.204. The first-order chi connectivity index (χ1) is 56.9. The van der Waals surface area contributed by atoms with E-state index in [2.05, 4.69) is 148 Å². The lowest BCUT2D eigenvalue weighted by Crippen LogP contribution is -2.29. The van der Waals surface area contributed by atoms with Gasteiger partial charge in [0, 0.05) is 64.7 Å². The molecule has 0 saturated carbocycles. The molecule has 0 fully saturated rings. The predicted molar refractivity (Wildman–Crippen MR) is 514 cm³/mol. The molecule has 0 radical (unpaired) electrons. The van der Waals surface area contributed by atoms with E-state index in [1.165, 1.54) is 405 Å². The third-order valence-electron chi connectivity index (χ3n) is 29.6. The molecule has 116 heavy (non-hydrogen) atoms. The Bertz CT molecular complexity index is 4130. The molecule has 0 spiro atoms. The van der Waals surface area contributed by atoms with Crippen LogP contribution in [0.4, 0.5) is 0 Å². The van der Waals surface area contributed by atoms with Crippen LogP contribution in [0.1, 0.15) is 480 Å². The zero-order chi connectivity index (χ0) is 80.8. The van der Waals surface area contributed by atoms with Crippen LogP contribution in [0.5, 0.6) is 0 Å². The fourth-order valence-corrected chi connectivity index (χ4v) is 29.8. The van der Waals surface area contributed by atoms with Gasteiger partial charge >= 0.3 is 0 Å². The SMILES string of the molecule is CCCCCCCCC1(CCCCCCCC)c2cc3c(cc2-c2sc(Br)cc21)C(CCCCCCCC)(CCCCCCCC)c1c-3sc2c1C=CN1C(=O)C3=C4c5sc6c(c5C=CN4C(=O)C3=C21)C(CCCCCCCC)(CCCCCCCC)c1cc2c(cc1-6)C(CCCCCCCC)(CCCCCCCC)c1cc(Br)sc1-2. The number of halogens is 2. The zero-order valence-electron chi connectivity index (χ0n) is 73.5. The fraction of sp³-hybridized carbons (Fsp3) is 0.642. The molecule has 8 heterocycles. The van der Waals surface area contributed by atoms with Gasteiger partial charge in [-0.05, 0) is 199 Å². The van der Waals surface area contributed by atoms with Gasteiger partial charge in [-0.25, -0.2) is 0 Å². The van der Waals surface area contributed by atoms with Gasteiger partial charge in [-0.15, -0.1) is 45.3 Å². The maximum atomic E-state index is 16.5. The molecule has 8 aliphatic rings. The molecule has 6 aromatic rings. The molecule has 2 aromatic carbocycles. The summed E-state index contributed by atoms with van der Waals surface area (Å²) in [7, 11) is 0. The van der Waals surface area contributed by atoms with Gasteiger partial charge in [-0.2, -0.15) is 0 Å². The Balaban J connectivity index is 0.937. The maximum Gasteiger partial charge on any atom is 0.265 e. The fourth-order valence-electron chi connectivity index (χ4n) is 23.5. The minimum Gasteiger partial charge on any atom is -0.281 e. The summed E-state index contributed by atoms with van der Waals surface area (Å²) in [5.41, 5.74) is 23.6. The van der Waals surface area contributed by atoms with Crippen LogP contribution in [0.3, 0.4) is 0 Å². The number of benzene rings is 2. The molecule has 0 saturated heterocycles. The lowest BCUT2D eigenvalue weighted by Gasteiger charge is -2.36. The number of hydrogen-bond acceptors (Lipinski definition) is 6. The third-order valence-corrected chi connectivity index (χ3v) is 35.4. The lowest BCUT2D eigenvalue weighted by atomic mass is 9.68. The van der Waals surface area contributed by atoms with Crippen LogP contribution in [0.15, 0.2) is 67.5 Å². The minimum absolute atomic E-state index is 0.0312. The monoisotopic (exact) mass is 1760 g/mol. The van der Waals surface area contributed by atoms with Crippen molar-refractivity contribution in [3.8, 4) is 41.8 Å². The Hall–Kier alpha value is -3.90. The summed E-state index contributed by atoms with van der Waals surface area (Å²) >= 11 is 16.2. The van der Waals surface area contributed by atoms with Crippen LogP contribution in [0.2, 0.25) is 0 Å². The standard InChI is InChI=1S/C106H146Br2N2O2S4/c1-9-17-25-33-41-49-59-103(60-50-42-34-26-18-10-2)81-71-79-83(69-77(81)95-85(103)73-87(107)113-95)105(63-53-45-37-29-21-13-5,64-54-46-38-30-22-14-6)91-75-57-67-109-93(99(75)115-97(79)91)89-90(102(109)112)94-100-76(58-68-110(94)101(89)111)92-98(116-100)80-72-82-78(70-84(80)106(92,65-55-47-39-31-23-15-7)66-56-48-40-32-24-16-8)96-86(74-88(108)114-96)104(82,61-51-43-35-27-19-11-3)62-52-44-36-28-20-12-4/h57-58,67-74H,9-56,59-66H2,1-8H3. The first-order valence-electron chi connectivity index (χ1n) is 48.8. The molecule has 4 aliphatic carbocycles. The number of amides is 2. The molecule has 0 atom stereocenters. The van der Waals surface area contributed by atoms with Gasteiger partial charge in [0.25, 0.3) is 11.8 Å². The second-order valence-electron chi connectivity index (χ2n) is 37.5. The summed E-state index contributed by atoms with van der Waals surface area (Å²) in [6, 6.07) is 16.4. The second kappa shape index (κ2) is 41.5. The van der Waals surface area contributed by atoms with E-state index in [4.69, 9.17) is 0 Å². The molecule has 14 rings (SSSR count). The van der Waals surface area contributed by atoms with Gasteiger partial charge in [-0.3, -0.25) is 19.4 Å². The topological polar surface area (TPSA) is 40.6 Å². The van der Waals surface area contributed by atoms with E-state index in [0.29, 0.717) is 11.1 Å². The Morgan fingerprint density at radius 3 is 0.741 bits per heavy atom. The van der Waals surface area contributed by atoms with E-state index in [0.717, 1.165) is 46.8 Å². The Morgan fingerprint density at radius 2 is 0.483 bits per heavy atom. The van der Waals surface area contributed by atoms with E-state index in [1.54, 1.807) is 33.4 Å². The van der Waals surface area contributed by atoms with Crippen LogP contribution < -0.4 is 0 Å². The number of nitrogens with zero attached hydrogens (tertiary/aromatic N) is 2. The highest BCUT2D eigenvalue weighted by Crippen LogP contribution is 2.70. The average molecular weight is 1770 g/mol.